The number of ether oxygens (including phenoxy) is 2. The van der Waals surface area contributed by atoms with Gasteiger partial charge in [-0.05, 0) is 24.7 Å². The fraction of sp³-hybridized carbons (Fsp3) is 0.818. The van der Waals surface area contributed by atoms with Gasteiger partial charge in [-0.3, -0.25) is 9.59 Å². The summed E-state index contributed by atoms with van der Waals surface area (Å²) in [6, 6.07) is 0. The van der Waals surface area contributed by atoms with E-state index in [-0.39, 0.29) is 18.4 Å². The largest absolute Gasteiger partial charge is 0.468 e. The first-order chi connectivity index (χ1) is 7.51. The summed E-state index contributed by atoms with van der Waals surface area (Å²) >= 11 is 0. The molecule has 0 aromatic rings. The topological polar surface area (TPSA) is 72.8 Å². The van der Waals surface area contributed by atoms with Gasteiger partial charge < -0.3 is 14.6 Å². The van der Waals surface area contributed by atoms with Crippen molar-refractivity contribution in [1.29, 1.82) is 0 Å². The van der Waals surface area contributed by atoms with Crippen LogP contribution < -0.4 is 0 Å². The summed E-state index contributed by atoms with van der Waals surface area (Å²) < 4.78 is 9.36. The Hall–Kier alpha value is -1.10. The van der Waals surface area contributed by atoms with Crippen molar-refractivity contribution in [3.8, 4) is 0 Å². The van der Waals surface area contributed by atoms with Gasteiger partial charge >= 0.3 is 11.9 Å². The molecule has 0 heterocycles. The maximum atomic E-state index is 11.7. The molecule has 0 unspecified atom stereocenters. The highest BCUT2D eigenvalue weighted by Crippen LogP contribution is 2.46. The van der Waals surface area contributed by atoms with E-state index >= 15 is 0 Å². The molecule has 5 heteroatoms. The Morgan fingerprint density at radius 2 is 1.75 bits per heavy atom. The van der Waals surface area contributed by atoms with Crippen LogP contribution in [0.15, 0.2) is 0 Å². The van der Waals surface area contributed by atoms with Crippen LogP contribution in [0.2, 0.25) is 0 Å². The Bertz CT molecular complexity index is 270. The molecule has 92 valence electrons. The molecule has 0 bridgehead atoms. The fourth-order valence-corrected chi connectivity index (χ4v) is 2.50. The van der Waals surface area contributed by atoms with Gasteiger partial charge in [-0.1, -0.05) is 6.92 Å². The number of hydrogen-bond acceptors (Lipinski definition) is 5. The van der Waals surface area contributed by atoms with Gasteiger partial charge in [0.25, 0.3) is 0 Å². The van der Waals surface area contributed by atoms with Gasteiger partial charge in [-0.15, -0.1) is 0 Å². The van der Waals surface area contributed by atoms with Crippen molar-refractivity contribution in [1.82, 2.24) is 0 Å². The van der Waals surface area contributed by atoms with Crippen LogP contribution >= 0.6 is 0 Å². The lowest BCUT2D eigenvalue weighted by Crippen LogP contribution is -2.39. The summed E-state index contributed by atoms with van der Waals surface area (Å²) in [5, 5.41) is 9.17. The highest BCUT2D eigenvalue weighted by molar-refractivity contribution is 6.00. The van der Waals surface area contributed by atoms with Gasteiger partial charge in [-0.25, -0.2) is 0 Å². The minimum absolute atomic E-state index is 0.0308. The van der Waals surface area contributed by atoms with Crippen molar-refractivity contribution in [3.05, 3.63) is 0 Å². The average molecular weight is 230 g/mol. The minimum atomic E-state index is -1.23. The predicted octanol–water partition coefficient (Wildman–Crippen LogP) is 0.357. The van der Waals surface area contributed by atoms with Gasteiger partial charge in [-0.2, -0.15) is 0 Å². The predicted molar refractivity (Wildman–Crippen MR) is 55.4 cm³/mol. The van der Waals surface area contributed by atoms with Gasteiger partial charge in [0, 0.05) is 6.61 Å². The van der Waals surface area contributed by atoms with E-state index in [0.717, 1.165) is 0 Å². The van der Waals surface area contributed by atoms with Crippen LogP contribution in [-0.4, -0.2) is 37.9 Å². The molecular weight excluding hydrogens is 212 g/mol. The average Bonchev–Trinajstić information content (AvgIpc) is 2.65. The molecule has 5 nitrogen and oxygen atoms in total. The lowest BCUT2D eigenvalue weighted by atomic mass is 9.85. The molecule has 16 heavy (non-hydrogen) atoms. The van der Waals surface area contributed by atoms with Crippen molar-refractivity contribution >= 4 is 11.9 Å². The molecule has 0 saturated heterocycles. The van der Waals surface area contributed by atoms with Crippen molar-refractivity contribution in [3.63, 3.8) is 0 Å². The maximum absolute atomic E-state index is 11.7. The second-order valence-electron chi connectivity index (χ2n) is 4.39. The van der Waals surface area contributed by atoms with Gasteiger partial charge in [0.05, 0.1) is 14.2 Å². The van der Waals surface area contributed by atoms with Crippen LogP contribution in [0, 0.1) is 17.3 Å². The third-order valence-corrected chi connectivity index (χ3v) is 3.47. The Morgan fingerprint density at radius 3 is 2.06 bits per heavy atom. The Balaban J connectivity index is 2.99. The first-order valence-corrected chi connectivity index (χ1v) is 5.29. The number of methoxy groups -OCH3 is 2. The van der Waals surface area contributed by atoms with Gasteiger partial charge in [0.2, 0.25) is 0 Å². The lowest BCUT2D eigenvalue weighted by Gasteiger charge is -2.22. The second-order valence-corrected chi connectivity index (χ2v) is 4.39. The van der Waals surface area contributed by atoms with Crippen LogP contribution in [0.25, 0.3) is 0 Å². The van der Waals surface area contributed by atoms with E-state index in [4.69, 9.17) is 0 Å². The van der Waals surface area contributed by atoms with Crippen molar-refractivity contribution in [2.75, 3.05) is 20.8 Å². The van der Waals surface area contributed by atoms with E-state index in [9.17, 15) is 14.7 Å². The zero-order valence-electron chi connectivity index (χ0n) is 9.86. The summed E-state index contributed by atoms with van der Waals surface area (Å²) in [6.45, 7) is 1.88. The molecule has 1 aliphatic rings. The monoisotopic (exact) mass is 230 g/mol. The van der Waals surface area contributed by atoms with Crippen LogP contribution in [0.5, 0.6) is 0 Å². The van der Waals surface area contributed by atoms with E-state index in [1.807, 2.05) is 6.92 Å². The number of rotatable bonds is 3. The second kappa shape index (κ2) is 4.82. The van der Waals surface area contributed by atoms with Crippen molar-refractivity contribution in [2.45, 2.75) is 19.8 Å². The minimum Gasteiger partial charge on any atom is -0.468 e. The summed E-state index contributed by atoms with van der Waals surface area (Å²) in [7, 11) is 2.51. The highest BCUT2D eigenvalue weighted by Gasteiger charge is 2.55. The maximum Gasteiger partial charge on any atom is 0.323 e. The molecule has 0 aliphatic heterocycles. The first kappa shape index (κ1) is 13.0. The molecule has 0 spiro atoms. The summed E-state index contributed by atoms with van der Waals surface area (Å²) in [6.07, 6.45) is 0.668. The van der Waals surface area contributed by atoms with Crippen LogP contribution in [-0.2, 0) is 19.1 Å². The fourth-order valence-electron chi connectivity index (χ4n) is 2.50. The lowest BCUT2D eigenvalue weighted by molar-refractivity contribution is -0.169. The molecule has 1 saturated carbocycles. The number of carbonyl (C=O) groups is 2. The van der Waals surface area contributed by atoms with E-state index in [0.29, 0.717) is 12.8 Å². The van der Waals surface area contributed by atoms with E-state index < -0.39 is 17.4 Å². The molecule has 1 aliphatic carbocycles. The normalized spacial score (nSPS) is 27.5. The number of aliphatic hydroxyl groups excluding tert-OH is 1. The van der Waals surface area contributed by atoms with Crippen molar-refractivity contribution < 1.29 is 24.2 Å². The number of carbonyl (C=O) groups excluding carboxylic acids is 2. The van der Waals surface area contributed by atoms with E-state index in [1.54, 1.807) is 0 Å². The smallest absolute Gasteiger partial charge is 0.323 e. The molecule has 2 atom stereocenters. The van der Waals surface area contributed by atoms with Crippen LogP contribution in [0.4, 0.5) is 0 Å². The highest BCUT2D eigenvalue weighted by atomic mass is 16.5. The SMILES string of the molecule is COC(=O)C1(C(=O)OC)C[C@H](CO)[C@@H](C)C1. The molecule has 1 rings (SSSR count). The Kier molecular flexibility index (Phi) is 3.91. The zero-order chi connectivity index (χ0) is 12.3. The van der Waals surface area contributed by atoms with Crippen LogP contribution in [0.1, 0.15) is 19.8 Å². The quantitative estimate of drug-likeness (QED) is 0.559. The van der Waals surface area contributed by atoms with Gasteiger partial charge in [0.15, 0.2) is 5.41 Å². The molecule has 1 fully saturated rings. The number of aliphatic hydroxyl groups is 1. The van der Waals surface area contributed by atoms with Crippen molar-refractivity contribution in [2.24, 2.45) is 17.3 Å². The van der Waals surface area contributed by atoms with E-state index in [2.05, 4.69) is 9.47 Å². The molecule has 1 N–H and O–H groups in total. The summed E-state index contributed by atoms with van der Waals surface area (Å²) in [5.41, 5.74) is -1.23. The standard InChI is InChI=1S/C11H18O5/c1-7-4-11(9(13)15-2,10(14)16-3)5-8(7)6-12/h7-8,12H,4-6H2,1-3H3/t7-,8+/m0/s1. The molecule has 0 radical (unpaired) electrons. The summed E-state index contributed by atoms with van der Waals surface area (Å²) in [4.78, 5) is 23.5. The molecule has 0 aromatic heterocycles. The third kappa shape index (κ3) is 1.91. The molecular formula is C11H18O5. The third-order valence-electron chi connectivity index (χ3n) is 3.47. The number of hydrogen-bond donors (Lipinski definition) is 1. The number of esters is 2. The zero-order valence-corrected chi connectivity index (χ0v) is 9.86. The molecule has 0 amide bonds. The van der Waals surface area contributed by atoms with Gasteiger partial charge in [0.1, 0.15) is 0 Å². The molecule has 0 aromatic carbocycles. The first-order valence-electron chi connectivity index (χ1n) is 5.29. The summed E-state index contributed by atoms with van der Waals surface area (Å²) in [5.74, 6) is -1.09. The van der Waals surface area contributed by atoms with E-state index in [1.165, 1.54) is 14.2 Å². The Labute approximate surface area is 94.7 Å². The Morgan fingerprint density at radius 1 is 1.25 bits per heavy atom. The van der Waals surface area contributed by atoms with Crippen LogP contribution in [0.3, 0.4) is 0 Å².